The van der Waals surface area contributed by atoms with Gasteiger partial charge in [-0.1, -0.05) is 0 Å². The van der Waals surface area contributed by atoms with Gasteiger partial charge in [-0.3, -0.25) is 14.4 Å². The van der Waals surface area contributed by atoms with Gasteiger partial charge in [0.05, 0.1) is 31.8 Å². The van der Waals surface area contributed by atoms with E-state index in [-0.39, 0.29) is 30.2 Å². The van der Waals surface area contributed by atoms with Gasteiger partial charge < -0.3 is 19.9 Å². The third kappa shape index (κ3) is 6.36. The third-order valence-electron chi connectivity index (χ3n) is 4.40. The average molecular weight is 422 g/mol. The maximum absolute atomic E-state index is 13.2. The zero-order valence-electron chi connectivity index (χ0n) is 17.2. The number of rotatable bonds is 8. The molecule has 0 saturated heterocycles. The molecule has 162 valence electrons. The molecule has 1 atom stereocenters. The minimum absolute atomic E-state index is 0.111. The highest BCUT2D eigenvalue weighted by molar-refractivity contribution is 5.96. The first-order valence-electron chi connectivity index (χ1n) is 9.16. The van der Waals surface area contributed by atoms with Crippen molar-refractivity contribution in [1.82, 2.24) is 14.9 Å². The number of halogens is 2. The van der Waals surface area contributed by atoms with Gasteiger partial charge in [-0.25, -0.2) is 13.8 Å². The summed E-state index contributed by atoms with van der Waals surface area (Å²) in [6.45, 7) is 5.10. The Labute approximate surface area is 172 Å². The molecule has 0 aliphatic carbocycles. The highest BCUT2D eigenvalue weighted by atomic mass is 19.1. The van der Waals surface area contributed by atoms with Crippen LogP contribution >= 0.6 is 0 Å². The Morgan fingerprint density at radius 1 is 1.20 bits per heavy atom. The molecule has 0 spiro atoms. The van der Waals surface area contributed by atoms with Crippen molar-refractivity contribution in [1.29, 1.82) is 0 Å². The van der Waals surface area contributed by atoms with Crippen LogP contribution in [0.2, 0.25) is 0 Å². The summed E-state index contributed by atoms with van der Waals surface area (Å²) in [4.78, 5) is 40.0. The lowest BCUT2D eigenvalue weighted by atomic mass is 10.0. The number of nitrogens with one attached hydrogen (secondary N) is 2. The molecule has 2 amide bonds. The molecule has 0 saturated carbocycles. The predicted molar refractivity (Wildman–Crippen MR) is 104 cm³/mol. The monoisotopic (exact) mass is 422 g/mol. The van der Waals surface area contributed by atoms with E-state index in [9.17, 15) is 23.2 Å². The van der Waals surface area contributed by atoms with Gasteiger partial charge in [0.25, 0.3) is 0 Å². The first-order valence-corrected chi connectivity index (χ1v) is 9.16. The second-order valence-corrected chi connectivity index (χ2v) is 7.46. The SMILES string of the molecule is COC(=O)CC(C)(C)n1cnc(NC(=O)C(C)NC(=O)Cc2cc(F)cc(F)c2)c1. The fraction of sp³-hybridized carbons (Fsp3) is 0.400. The number of benzene rings is 1. The van der Waals surface area contributed by atoms with Gasteiger partial charge >= 0.3 is 5.97 Å². The Hall–Kier alpha value is -3.30. The highest BCUT2D eigenvalue weighted by Gasteiger charge is 2.25. The van der Waals surface area contributed by atoms with Crippen molar-refractivity contribution < 1.29 is 27.9 Å². The number of amides is 2. The lowest BCUT2D eigenvalue weighted by Crippen LogP contribution is -2.42. The number of carbonyl (C=O) groups excluding carboxylic acids is 3. The Kier molecular flexibility index (Phi) is 7.25. The Balaban J connectivity index is 1.93. The molecule has 30 heavy (non-hydrogen) atoms. The fourth-order valence-corrected chi connectivity index (χ4v) is 2.73. The van der Waals surface area contributed by atoms with E-state index in [1.54, 1.807) is 10.8 Å². The first-order chi connectivity index (χ1) is 14.0. The van der Waals surface area contributed by atoms with Crippen molar-refractivity contribution in [2.75, 3.05) is 12.4 Å². The molecule has 2 rings (SSSR count). The van der Waals surface area contributed by atoms with Crippen molar-refractivity contribution in [2.45, 2.75) is 45.2 Å². The van der Waals surface area contributed by atoms with E-state index >= 15 is 0 Å². The van der Waals surface area contributed by atoms with Crippen LogP contribution in [0, 0.1) is 11.6 Å². The molecule has 0 aliphatic heterocycles. The summed E-state index contributed by atoms with van der Waals surface area (Å²) in [5.41, 5.74) is -0.465. The molecule has 0 fully saturated rings. The molecule has 1 aromatic carbocycles. The second kappa shape index (κ2) is 9.47. The normalized spacial score (nSPS) is 12.2. The lowest BCUT2D eigenvalue weighted by Gasteiger charge is -2.24. The summed E-state index contributed by atoms with van der Waals surface area (Å²) >= 11 is 0. The molecule has 8 nitrogen and oxygen atoms in total. The number of hydrogen-bond acceptors (Lipinski definition) is 5. The van der Waals surface area contributed by atoms with Crippen LogP contribution in [0.1, 0.15) is 32.8 Å². The summed E-state index contributed by atoms with van der Waals surface area (Å²) in [6.07, 6.45) is 2.87. The number of anilines is 1. The van der Waals surface area contributed by atoms with E-state index in [1.807, 2.05) is 13.8 Å². The Bertz CT molecular complexity index is 922. The number of hydrogen-bond donors (Lipinski definition) is 2. The molecule has 0 bridgehead atoms. The standard InChI is InChI=1S/C20H24F2N4O4/c1-12(24-17(27)7-13-5-14(21)8-15(22)6-13)19(29)25-16-10-26(11-23-16)20(2,3)9-18(28)30-4/h5-6,8,10-12H,7,9H2,1-4H3,(H,24,27)(H,25,29). The largest absolute Gasteiger partial charge is 0.469 e. The second-order valence-electron chi connectivity index (χ2n) is 7.46. The number of esters is 1. The molecule has 1 unspecified atom stereocenters. The van der Waals surface area contributed by atoms with Crippen molar-refractivity contribution in [3.63, 3.8) is 0 Å². The van der Waals surface area contributed by atoms with Crippen molar-refractivity contribution in [3.05, 3.63) is 47.9 Å². The summed E-state index contributed by atoms with van der Waals surface area (Å²) < 4.78 is 32.8. The fourth-order valence-electron chi connectivity index (χ4n) is 2.73. The summed E-state index contributed by atoms with van der Waals surface area (Å²) in [7, 11) is 1.30. The van der Waals surface area contributed by atoms with Gasteiger partial charge in [0.2, 0.25) is 11.8 Å². The van der Waals surface area contributed by atoms with Crippen LogP contribution in [-0.4, -0.2) is 40.5 Å². The molecule has 1 aromatic heterocycles. The molecule has 0 aliphatic rings. The van der Waals surface area contributed by atoms with Crippen LogP contribution in [0.25, 0.3) is 0 Å². The lowest BCUT2D eigenvalue weighted by molar-refractivity contribution is -0.142. The minimum atomic E-state index is -0.913. The number of nitrogens with zero attached hydrogens (tertiary/aromatic N) is 2. The van der Waals surface area contributed by atoms with Crippen LogP contribution in [-0.2, 0) is 31.1 Å². The van der Waals surface area contributed by atoms with Crippen LogP contribution in [0.15, 0.2) is 30.7 Å². The van der Waals surface area contributed by atoms with Crippen molar-refractivity contribution in [2.24, 2.45) is 0 Å². The van der Waals surface area contributed by atoms with Gasteiger partial charge in [-0.2, -0.15) is 0 Å². The predicted octanol–water partition coefficient (Wildman–Crippen LogP) is 2.15. The molecule has 0 radical (unpaired) electrons. The quantitative estimate of drug-likeness (QED) is 0.635. The zero-order chi connectivity index (χ0) is 22.5. The van der Waals surface area contributed by atoms with Crippen molar-refractivity contribution >= 4 is 23.6 Å². The number of methoxy groups -OCH3 is 1. The molecule has 1 heterocycles. The number of ether oxygens (including phenoxy) is 1. The average Bonchev–Trinajstić information content (AvgIpc) is 3.09. The van der Waals surface area contributed by atoms with E-state index in [0.717, 1.165) is 12.1 Å². The van der Waals surface area contributed by atoms with Gasteiger partial charge in [-0.05, 0) is 38.5 Å². The molecular weight excluding hydrogens is 398 g/mol. The number of imidazole rings is 1. The summed E-state index contributed by atoms with van der Waals surface area (Å²) in [5, 5.41) is 5.03. The van der Waals surface area contributed by atoms with Crippen LogP contribution in [0.5, 0.6) is 0 Å². The first kappa shape index (κ1) is 23.0. The van der Waals surface area contributed by atoms with Gasteiger partial charge in [-0.15, -0.1) is 0 Å². The smallest absolute Gasteiger partial charge is 0.307 e. The maximum atomic E-state index is 13.2. The van der Waals surface area contributed by atoms with Crippen molar-refractivity contribution in [3.8, 4) is 0 Å². The zero-order valence-corrected chi connectivity index (χ0v) is 17.2. The van der Waals surface area contributed by atoms with E-state index in [2.05, 4.69) is 20.4 Å². The third-order valence-corrected chi connectivity index (χ3v) is 4.40. The van der Waals surface area contributed by atoms with Crippen LogP contribution in [0.3, 0.4) is 0 Å². The Morgan fingerprint density at radius 3 is 2.43 bits per heavy atom. The number of carbonyl (C=O) groups is 3. The van der Waals surface area contributed by atoms with E-state index < -0.39 is 35.0 Å². The molecule has 2 N–H and O–H groups in total. The van der Waals surface area contributed by atoms with Gasteiger partial charge in [0, 0.05) is 12.3 Å². The maximum Gasteiger partial charge on any atom is 0.307 e. The summed E-state index contributed by atoms with van der Waals surface area (Å²) in [6, 6.07) is 1.90. The van der Waals surface area contributed by atoms with Gasteiger partial charge in [0.15, 0.2) is 5.82 Å². The van der Waals surface area contributed by atoms with E-state index in [4.69, 9.17) is 0 Å². The van der Waals surface area contributed by atoms with E-state index in [0.29, 0.717) is 6.07 Å². The van der Waals surface area contributed by atoms with E-state index in [1.165, 1.54) is 20.4 Å². The molecule has 2 aromatic rings. The minimum Gasteiger partial charge on any atom is -0.469 e. The van der Waals surface area contributed by atoms with Crippen LogP contribution in [0.4, 0.5) is 14.6 Å². The Morgan fingerprint density at radius 2 is 1.83 bits per heavy atom. The van der Waals surface area contributed by atoms with Crippen LogP contribution < -0.4 is 10.6 Å². The highest BCUT2D eigenvalue weighted by Crippen LogP contribution is 2.22. The summed E-state index contributed by atoms with van der Waals surface area (Å²) in [5.74, 6) is -2.79. The topological polar surface area (TPSA) is 102 Å². The molecule has 10 heteroatoms. The van der Waals surface area contributed by atoms with Gasteiger partial charge in [0.1, 0.15) is 17.7 Å². The number of aromatic nitrogens is 2. The molecular formula is C20H24F2N4O4.